The topological polar surface area (TPSA) is 104 Å². The van der Waals surface area contributed by atoms with E-state index in [9.17, 15) is 9.59 Å². The van der Waals surface area contributed by atoms with Crippen molar-refractivity contribution in [2.24, 2.45) is 0 Å². The Bertz CT molecular complexity index is 468. The van der Waals surface area contributed by atoms with Gasteiger partial charge in [-0.25, -0.2) is 4.79 Å². The van der Waals surface area contributed by atoms with E-state index in [1.54, 1.807) is 6.07 Å². The van der Waals surface area contributed by atoms with Gasteiger partial charge in [-0.15, -0.1) is 0 Å². The molecule has 1 aromatic rings. The van der Waals surface area contributed by atoms with Crippen LogP contribution in [0.3, 0.4) is 0 Å². The molecule has 0 aliphatic carbocycles. The monoisotopic (exact) mass is 269 g/mol. The van der Waals surface area contributed by atoms with Crippen LogP contribution in [0, 0.1) is 0 Å². The highest BCUT2D eigenvalue weighted by molar-refractivity contribution is 5.95. The second-order valence-corrected chi connectivity index (χ2v) is 4.47. The molecule has 106 valence electrons. The summed E-state index contributed by atoms with van der Waals surface area (Å²) in [6.07, 6.45) is 0. The minimum Gasteiger partial charge on any atom is -0.480 e. The van der Waals surface area contributed by atoms with E-state index in [-0.39, 0.29) is 5.92 Å². The molecule has 7 nitrogen and oxygen atoms in total. The quantitative estimate of drug-likeness (QED) is 0.684. The van der Waals surface area contributed by atoms with Crippen molar-refractivity contribution in [1.29, 1.82) is 0 Å². The summed E-state index contributed by atoms with van der Waals surface area (Å²) in [7, 11) is 0. The minimum absolute atomic E-state index is 0.174. The molecule has 0 saturated heterocycles. The SMILES string of the molecule is CCn1nc(C(C)C)cc1C(=O)N[C@@H](CO)C(=O)O. The van der Waals surface area contributed by atoms with E-state index in [4.69, 9.17) is 10.2 Å². The van der Waals surface area contributed by atoms with E-state index in [1.807, 2.05) is 20.8 Å². The molecule has 1 atom stereocenters. The summed E-state index contributed by atoms with van der Waals surface area (Å²) in [6.45, 7) is 5.61. The normalized spacial score (nSPS) is 12.5. The van der Waals surface area contributed by atoms with Crippen LogP contribution >= 0.6 is 0 Å². The highest BCUT2D eigenvalue weighted by atomic mass is 16.4. The molecular formula is C12H19N3O4. The van der Waals surface area contributed by atoms with Gasteiger partial charge in [-0.1, -0.05) is 13.8 Å². The van der Waals surface area contributed by atoms with E-state index in [2.05, 4.69) is 10.4 Å². The Morgan fingerprint density at radius 1 is 1.47 bits per heavy atom. The third-order valence-corrected chi connectivity index (χ3v) is 2.71. The van der Waals surface area contributed by atoms with Crippen molar-refractivity contribution in [2.45, 2.75) is 39.3 Å². The fraction of sp³-hybridized carbons (Fsp3) is 0.583. The third kappa shape index (κ3) is 3.54. The molecule has 3 N–H and O–H groups in total. The zero-order chi connectivity index (χ0) is 14.6. The molecule has 0 fully saturated rings. The van der Waals surface area contributed by atoms with Gasteiger partial charge in [0.05, 0.1) is 12.3 Å². The van der Waals surface area contributed by atoms with Gasteiger partial charge in [0.25, 0.3) is 5.91 Å². The van der Waals surface area contributed by atoms with Gasteiger partial charge in [0.15, 0.2) is 6.04 Å². The van der Waals surface area contributed by atoms with Gasteiger partial charge in [0.1, 0.15) is 5.69 Å². The zero-order valence-corrected chi connectivity index (χ0v) is 11.3. The summed E-state index contributed by atoms with van der Waals surface area (Å²) in [5.41, 5.74) is 1.06. The number of carboxylic acids is 1. The highest BCUT2D eigenvalue weighted by Crippen LogP contribution is 2.14. The van der Waals surface area contributed by atoms with Crippen LogP contribution in [0.2, 0.25) is 0 Å². The molecule has 1 aromatic heterocycles. The first-order chi connectivity index (χ1) is 8.90. The molecule has 0 aliphatic heterocycles. The van der Waals surface area contributed by atoms with E-state index in [1.165, 1.54) is 4.68 Å². The molecule has 1 amide bonds. The fourth-order valence-electron chi connectivity index (χ4n) is 1.56. The number of nitrogens with zero attached hydrogens (tertiary/aromatic N) is 2. The van der Waals surface area contributed by atoms with Crippen LogP contribution in [0.25, 0.3) is 0 Å². The molecular weight excluding hydrogens is 250 g/mol. The summed E-state index contributed by atoms with van der Waals surface area (Å²) >= 11 is 0. The number of aliphatic hydroxyl groups excluding tert-OH is 1. The molecule has 0 saturated carbocycles. The minimum atomic E-state index is -1.31. The number of carboxylic acid groups (broad SMARTS) is 1. The molecule has 19 heavy (non-hydrogen) atoms. The molecule has 0 radical (unpaired) electrons. The maximum atomic E-state index is 12.0. The first kappa shape index (κ1) is 15.2. The molecule has 0 unspecified atom stereocenters. The number of carbonyl (C=O) groups excluding carboxylic acids is 1. The van der Waals surface area contributed by atoms with E-state index >= 15 is 0 Å². The van der Waals surface area contributed by atoms with Crippen molar-refractivity contribution in [3.63, 3.8) is 0 Å². The summed E-state index contributed by atoms with van der Waals surface area (Å²) in [4.78, 5) is 22.8. The van der Waals surface area contributed by atoms with E-state index in [0.717, 1.165) is 5.69 Å². The lowest BCUT2D eigenvalue weighted by Crippen LogP contribution is -2.43. The number of aliphatic carboxylic acids is 1. The summed E-state index contributed by atoms with van der Waals surface area (Å²) in [5.74, 6) is -1.65. The smallest absolute Gasteiger partial charge is 0.328 e. The maximum absolute atomic E-state index is 12.0. The Morgan fingerprint density at radius 2 is 2.11 bits per heavy atom. The summed E-state index contributed by atoms with van der Waals surface area (Å²) in [5, 5.41) is 24.2. The molecule has 7 heteroatoms. The lowest BCUT2D eigenvalue weighted by Gasteiger charge is -2.11. The fourth-order valence-corrected chi connectivity index (χ4v) is 1.56. The lowest BCUT2D eigenvalue weighted by atomic mass is 10.1. The van der Waals surface area contributed by atoms with Gasteiger partial charge in [-0.3, -0.25) is 9.48 Å². The summed E-state index contributed by atoms with van der Waals surface area (Å²) < 4.78 is 1.51. The number of aromatic nitrogens is 2. The highest BCUT2D eigenvalue weighted by Gasteiger charge is 2.22. The molecule has 0 aromatic carbocycles. The Balaban J connectivity index is 2.95. The average molecular weight is 269 g/mol. The first-order valence-electron chi connectivity index (χ1n) is 6.12. The Kier molecular flexibility index (Phi) is 5.05. The van der Waals surface area contributed by atoms with Gasteiger partial charge in [0, 0.05) is 6.54 Å². The summed E-state index contributed by atoms with van der Waals surface area (Å²) in [6, 6.07) is 0.329. The molecule has 0 spiro atoms. The van der Waals surface area contributed by atoms with Gasteiger partial charge >= 0.3 is 5.97 Å². The van der Waals surface area contributed by atoms with Crippen molar-refractivity contribution in [2.75, 3.05) is 6.61 Å². The van der Waals surface area contributed by atoms with E-state index < -0.39 is 24.5 Å². The van der Waals surface area contributed by atoms with Crippen molar-refractivity contribution in [1.82, 2.24) is 15.1 Å². The Labute approximate surface area is 111 Å². The van der Waals surface area contributed by atoms with Crippen LogP contribution in [0.15, 0.2) is 6.07 Å². The third-order valence-electron chi connectivity index (χ3n) is 2.71. The number of carbonyl (C=O) groups is 2. The molecule has 1 rings (SSSR count). The average Bonchev–Trinajstić information content (AvgIpc) is 2.79. The number of nitrogens with one attached hydrogen (secondary N) is 1. The predicted octanol–water partition coefficient (Wildman–Crippen LogP) is 0.202. The Morgan fingerprint density at radius 3 is 2.53 bits per heavy atom. The predicted molar refractivity (Wildman–Crippen MR) is 68.0 cm³/mol. The zero-order valence-electron chi connectivity index (χ0n) is 11.3. The van der Waals surface area contributed by atoms with Crippen LogP contribution in [0.4, 0.5) is 0 Å². The van der Waals surface area contributed by atoms with Gasteiger partial charge in [0.2, 0.25) is 0 Å². The molecule has 0 bridgehead atoms. The van der Waals surface area contributed by atoms with Crippen LogP contribution in [0.5, 0.6) is 0 Å². The van der Waals surface area contributed by atoms with Crippen molar-refractivity contribution < 1.29 is 19.8 Å². The van der Waals surface area contributed by atoms with Gasteiger partial charge in [-0.2, -0.15) is 5.10 Å². The second kappa shape index (κ2) is 6.33. The number of hydrogen-bond acceptors (Lipinski definition) is 4. The van der Waals surface area contributed by atoms with Gasteiger partial charge in [-0.05, 0) is 18.9 Å². The molecule has 0 aliphatic rings. The van der Waals surface area contributed by atoms with Crippen LogP contribution in [-0.4, -0.2) is 44.5 Å². The Hall–Kier alpha value is -1.89. The van der Waals surface area contributed by atoms with Gasteiger partial charge < -0.3 is 15.5 Å². The van der Waals surface area contributed by atoms with Crippen LogP contribution in [-0.2, 0) is 11.3 Å². The van der Waals surface area contributed by atoms with Crippen molar-refractivity contribution in [3.8, 4) is 0 Å². The number of rotatable bonds is 6. The van der Waals surface area contributed by atoms with Crippen LogP contribution < -0.4 is 5.32 Å². The standard InChI is InChI=1S/C12H19N3O4/c1-4-15-10(5-8(14-15)7(2)3)11(17)13-9(6-16)12(18)19/h5,7,9,16H,4,6H2,1-3H3,(H,13,17)(H,18,19)/t9-/m0/s1. The van der Waals surface area contributed by atoms with Crippen molar-refractivity contribution in [3.05, 3.63) is 17.5 Å². The number of aryl methyl sites for hydroxylation is 1. The number of amides is 1. The lowest BCUT2D eigenvalue weighted by molar-refractivity contribution is -0.140. The van der Waals surface area contributed by atoms with Crippen molar-refractivity contribution >= 4 is 11.9 Å². The maximum Gasteiger partial charge on any atom is 0.328 e. The number of aliphatic hydroxyl groups is 1. The van der Waals surface area contributed by atoms with E-state index in [0.29, 0.717) is 12.2 Å². The number of hydrogen-bond donors (Lipinski definition) is 3. The largest absolute Gasteiger partial charge is 0.480 e. The second-order valence-electron chi connectivity index (χ2n) is 4.47. The molecule has 1 heterocycles. The van der Waals surface area contributed by atoms with Crippen LogP contribution in [0.1, 0.15) is 42.9 Å². The first-order valence-corrected chi connectivity index (χ1v) is 6.12.